The molecule has 0 atom stereocenters. The smallest absolute Gasteiger partial charge is 0.304 e. The van der Waals surface area contributed by atoms with E-state index >= 15 is 0 Å². The van der Waals surface area contributed by atoms with Crippen LogP contribution in [0.15, 0.2) is 30.7 Å². The minimum absolute atomic E-state index is 0.0975. The standard InChI is InChI=1S/C11H11F3N4/c12-11(13,14)7-16-5-9-6-17-18-10(9)8-2-1-3-15-4-8/h1-4,6,16H,5,7H2,(H,17,18). The van der Waals surface area contributed by atoms with Crippen molar-refractivity contribution >= 4 is 0 Å². The molecule has 2 aromatic rings. The average molecular weight is 256 g/mol. The molecule has 2 rings (SSSR count). The Labute approximate surface area is 101 Å². The normalized spacial score (nSPS) is 11.7. The molecule has 0 unspecified atom stereocenters. The molecule has 0 amide bonds. The van der Waals surface area contributed by atoms with Gasteiger partial charge >= 0.3 is 6.18 Å². The van der Waals surface area contributed by atoms with Gasteiger partial charge in [0.15, 0.2) is 0 Å². The first kappa shape index (κ1) is 12.6. The van der Waals surface area contributed by atoms with Crippen LogP contribution in [0, 0.1) is 0 Å². The lowest BCUT2D eigenvalue weighted by Crippen LogP contribution is -2.28. The van der Waals surface area contributed by atoms with Gasteiger partial charge in [0.2, 0.25) is 0 Å². The fourth-order valence-corrected chi connectivity index (χ4v) is 1.54. The quantitative estimate of drug-likeness (QED) is 0.881. The first-order valence-electron chi connectivity index (χ1n) is 5.26. The summed E-state index contributed by atoms with van der Waals surface area (Å²) in [6, 6.07) is 3.57. The Bertz CT molecular complexity index is 492. The van der Waals surface area contributed by atoms with E-state index in [1.165, 1.54) is 6.20 Å². The first-order valence-corrected chi connectivity index (χ1v) is 5.26. The number of aromatic amines is 1. The summed E-state index contributed by atoms with van der Waals surface area (Å²) in [5.41, 5.74) is 2.14. The van der Waals surface area contributed by atoms with E-state index in [0.717, 1.165) is 5.56 Å². The fraction of sp³-hybridized carbons (Fsp3) is 0.273. The molecule has 0 spiro atoms. The zero-order valence-electron chi connectivity index (χ0n) is 9.33. The van der Waals surface area contributed by atoms with Gasteiger partial charge in [-0.15, -0.1) is 0 Å². The van der Waals surface area contributed by atoms with Crippen molar-refractivity contribution in [3.8, 4) is 11.3 Å². The molecule has 0 aliphatic heterocycles. The third-order valence-corrected chi connectivity index (χ3v) is 2.31. The van der Waals surface area contributed by atoms with E-state index in [9.17, 15) is 13.2 Å². The lowest BCUT2D eigenvalue weighted by molar-refractivity contribution is -0.125. The van der Waals surface area contributed by atoms with Crippen molar-refractivity contribution in [2.75, 3.05) is 6.54 Å². The number of rotatable bonds is 4. The van der Waals surface area contributed by atoms with E-state index in [4.69, 9.17) is 0 Å². The second kappa shape index (κ2) is 5.18. The van der Waals surface area contributed by atoms with Crippen LogP contribution in [0.1, 0.15) is 5.56 Å². The summed E-state index contributed by atoms with van der Waals surface area (Å²) in [5.74, 6) is 0. The van der Waals surface area contributed by atoms with Gasteiger partial charge in [0.25, 0.3) is 0 Å². The molecule has 0 fully saturated rings. The SMILES string of the molecule is FC(F)(F)CNCc1cn[nH]c1-c1cccnc1. The molecule has 4 nitrogen and oxygen atoms in total. The number of aromatic nitrogens is 3. The minimum atomic E-state index is -4.21. The molecule has 0 aromatic carbocycles. The van der Waals surface area contributed by atoms with Crippen LogP contribution in [0.4, 0.5) is 13.2 Å². The van der Waals surface area contributed by atoms with Gasteiger partial charge in [-0.1, -0.05) is 0 Å². The molecule has 7 heteroatoms. The van der Waals surface area contributed by atoms with E-state index in [-0.39, 0.29) is 6.54 Å². The first-order chi connectivity index (χ1) is 8.56. The molecule has 0 aliphatic carbocycles. The van der Waals surface area contributed by atoms with Crippen LogP contribution in [-0.2, 0) is 6.54 Å². The number of hydrogen-bond donors (Lipinski definition) is 2. The number of nitrogens with one attached hydrogen (secondary N) is 2. The number of alkyl halides is 3. The zero-order chi connectivity index (χ0) is 13.0. The molecule has 96 valence electrons. The van der Waals surface area contributed by atoms with Crippen LogP contribution in [0.5, 0.6) is 0 Å². The minimum Gasteiger partial charge on any atom is -0.304 e. The monoisotopic (exact) mass is 256 g/mol. The van der Waals surface area contributed by atoms with Gasteiger partial charge in [0.1, 0.15) is 0 Å². The summed E-state index contributed by atoms with van der Waals surface area (Å²) in [7, 11) is 0. The number of H-pyrrole nitrogens is 1. The summed E-state index contributed by atoms with van der Waals surface area (Å²) in [5, 5.41) is 8.93. The molecule has 2 N–H and O–H groups in total. The van der Waals surface area contributed by atoms with Crippen LogP contribution in [0.2, 0.25) is 0 Å². The van der Waals surface area contributed by atoms with E-state index in [1.807, 2.05) is 6.07 Å². The highest BCUT2D eigenvalue weighted by atomic mass is 19.4. The Morgan fingerprint density at radius 1 is 1.28 bits per heavy atom. The summed E-state index contributed by atoms with van der Waals surface area (Å²) in [6.07, 6.45) is 0.548. The van der Waals surface area contributed by atoms with Crippen LogP contribution < -0.4 is 5.32 Å². The topological polar surface area (TPSA) is 53.6 Å². The maximum atomic E-state index is 12.0. The second-order valence-corrected chi connectivity index (χ2v) is 3.73. The second-order valence-electron chi connectivity index (χ2n) is 3.73. The van der Waals surface area contributed by atoms with Crippen molar-refractivity contribution in [3.05, 3.63) is 36.3 Å². The zero-order valence-corrected chi connectivity index (χ0v) is 9.33. The van der Waals surface area contributed by atoms with E-state index in [1.54, 1.807) is 18.5 Å². The molecular formula is C11H11F3N4. The van der Waals surface area contributed by atoms with E-state index < -0.39 is 12.7 Å². The van der Waals surface area contributed by atoms with Gasteiger partial charge in [-0.2, -0.15) is 18.3 Å². The molecule has 0 aliphatic rings. The van der Waals surface area contributed by atoms with Gasteiger partial charge in [-0.05, 0) is 12.1 Å². The Kier molecular flexibility index (Phi) is 3.61. The van der Waals surface area contributed by atoms with Crippen molar-refractivity contribution < 1.29 is 13.2 Å². The molecule has 0 bridgehead atoms. The number of pyridine rings is 1. The maximum Gasteiger partial charge on any atom is 0.401 e. The van der Waals surface area contributed by atoms with Crippen LogP contribution >= 0.6 is 0 Å². The van der Waals surface area contributed by atoms with Gasteiger partial charge in [0.05, 0.1) is 18.4 Å². The van der Waals surface area contributed by atoms with Gasteiger partial charge in [-0.25, -0.2) is 0 Å². The Hall–Kier alpha value is -1.89. The van der Waals surface area contributed by atoms with Crippen LogP contribution in [0.25, 0.3) is 11.3 Å². The predicted molar refractivity (Wildman–Crippen MR) is 59.6 cm³/mol. The molecule has 0 radical (unpaired) electrons. The van der Waals surface area contributed by atoms with Crippen molar-refractivity contribution in [2.24, 2.45) is 0 Å². The largest absolute Gasteiger partial charge is 0.401 e. The highest BCUT2D eigenvalue weighted by molar-refractivity contribution is 5.61. The summed E-state index contributed by atoms with van der Waals surface area (Å²) in [4.78, 5) is 3.95. The van der Waals surface area contributed by atoms with Crippen LogP contribution in [-0.4, -0.2) is 27.9 Å². The average Bonchev–Trinajstić information content (AvgIpc) is 2.77. The summed E-state index contributed by atoms with van der Waals surface area (Å²) >= 11 is 0. The lowest BCUT2D eigenvalue weighted by atomic mass is 10.1. The summed E-state index contributed by atoms with van der Waals surface area (Å²) in [6.45, 7) is -0.926. The Morgan fingerprint density at radius 2 is 2.11 bits per heavy atom. The van der Waals surface area contributed by atoms with Gasteiger partial charge in [0, 0.05) is 30.1 Å². The third-order valence-electron chi connectivity index (χ3n) is 2.31. The van der Waals surface area contributed by atoms with Crippen molar-refractivity contribution in [1.29, 1.82) is 0 Å². The van der Waals surface area contributed by atoms with Gasteiger partial charge in [-0.3, -0.25) is 10.1 Å². The molecular weight excluding hydrogens is 245 g/mol. The van der Waals surface area contributed by atoms with Gasteiger partial charge < -0.3 is 5.32 Å². The number of hydrogen-bond acceptors (Lipinski definition) is 3. The van der Waals surface area contributed by atoms with Crippen molar-refractivity contribution in [3.63, 3.8) is 0 Å². The lowest BCUT2D eigenvalue weighted by Gasteiger charge is -2.08. The number of nitrogens with zero attached hydrogens (tertiary/aromatic N) is 2. The van der Waals surface area contributed by atoms with E-state index in [2.05, 4.69) is 20.5 Å². The van der Waals surface area contributed by atoms with Crippen molar-refractivity contribution in [2.45, 2.75) is 12.7 Å². The fourth-order valence-electron chi connectivity index (χ4n) is 1.54. The highest BCUT2D eigenvalue weighted by Gasteiger charge is 2.26. The maximum absolute atomic E-state index is 12.0. The van der Waals surface area contributed by atoms with Crippen molar-refractivity contribution in [1.82, 2.24) is 20.5 Å². The summed E-state index contributed by atoms with van der Waals surface area (Å²) < 4.78 is 36.0. The predicted octanol–water partition coefficient (Wildman–Crippen LogP) is 2.12. The molecule has 0 saturated heterocycles. The third kappa shape index (κ3) is 3.30. The molecule has 18 heavy (non-hydrogen) atoms. The molecule has 2 heterocycles. The molecule has 0 saturated carbocycles. The van der Waals surface area contributed by atoms with Crippen LogP contribution in [0.3, 0.4) is 0 Å². The Balaban J connectivity index is 2.05. The highest BCUT2D eigenvalue weighted by Crippen LogP contribution is 2.20. The van der Waals surface area contributed by atoms with E-state index in [0.29, 0.717) is 11.3 Å². The Morgan fingerprint density at radius 3 is 2.78 bits per heavy atom. The number of halogens is 3. The molecule has 2 aromatic heterocycles.